The summed E-state index contributed by atoms with van der Waals surface area (Å²) in [4.78, 5) is 33.8. The molecule has 0 aliphatic carbocycles. The lowest BCUT2D eigenvalue weighted by Crippen LogP contribution is -2.42. The number of benzene rings is 1. The summed E-state index contributed by atoms with van der Waals surface area (Å²) >= 11 is 1.42. The first kappa shape index (κ1) is 20.8. The smallest absolute Gasteiger partial charge is 0.230 e. The van der Waals surface area contributed by atoms with E-state index >= 15 is 0 Å². The Morgan fingerprint density at radius 3 is 2.87 bits per heavy atom. The molecule has 1 amide bonds. The predicted molar refractivity (Wildman–Crippen MR) is 121 cm³/mol. The normalized spacial score (nSPS) is 22.2. The number of fused-ring (bicyclic) bond motifs is 1. The first-order valence-corrected chi connectivity index (χ1v) is 11.2. The molecule has 1 aromatic carbocycles. The SMILES string of the molecule is CN1/C(=C\C(=O)CN2CCCC(C(=O)Nc3nccs3)C2)C(C)(C)c2ccccc21. The molecule has 1 unspecified atom stereocenters. The van der Waals surface area contributed by atoms with Gasteiger partial charge in [0.25, 0.3) is 0 Å². The lowest BCUT2D eigenvalue weighted by Gasteiger charge is -2.31. The van der Waals surface area contributed by atoms with Gasteiger partial charge in [-0.05, 0) is 31.0 Å². The maximum absolute atomic E-state index is 12.9. The summed E-state index contributed by atoms with van der Waals surface area (Å²) in [6.45, 7) is 6.11. The molecular weight excluding hydrogens is 396 g/mol. The molecule has 1 N–H and O–H groups in total. The van der Waals surface area contributed by atoms with E-state index in [2.05, 4.69) is 46.1 Å². The third kappa shape index (κ3) is 4.04. The average Bonchev–Trinajstić information content (AvgIpc) is 3.30. The first-order valence-electron chi connectivity index (χ1n) is 10.4. The van der Waals surface area contributed by atoms with Crippen molar-refractivity contribution in [2.24, 2.45) is 5.92 Å². The van der Waals surface area contributed by atoms with Crippen molar-refractivity contribution in [1.82, 2.24) is 9.88 Å². The highest BCUT2D eigenvalue weighted by Crippen LogP contribution is 2.46. The van der Waals surface area contributed by atoms with Crippen LogP contribution in [0.1, 0.15) is 32.3 Å². The Balaban J connectivity index is 1.41. The van der Waals surface area contributed by atoms with Crippen LogP contribution in [0.2, 0.25) is 0 Å². The standard InChI is InChI=1S/C23H28N4O2S/c1-23(2)18-8-4-5-9-19(18)26(3)20(23)13-17(28)15-27-11-6-7-16(14-27)21(29)25-22-24-10-12-30-22/h4-5,8-10,12-13,16H,6-7,11,14-15H2,1-3H3,(H,24,25,29)/b20-13-. The number of ketones is 1. The van der Waals surface area contributed by atoms with Crippen LogP contribution in [-0.4, -0.2) is 48.3 Å². The Bertz CT molecular complexity index is 967. The zero-order chi connectivity index (χ0) is 21.3. The van der Waals surface area contributed by atoms with Crippen molar-refractivity contribution in [2.45, 2.75) is 32.1 Å². The topological polar surface area (TPSA) is 65.5 Å². The van der Waals surface area contributed by atoms with Crippen LogP contribution < -0.4 is 10.2 Å². The van der Waals surface area contributed by atoms with Crippen molar-refractivity contribution in [1.29, 1.82) is 0 Å². The van der Waals surface area contributed by atoms with Crippen LogP contribution in [0.15, 0.2) is 47.6 Å². The Morgan fingerprint density at radius 2 is 2.13 bits per heavy atom. The summed E-state index contributed by atoms with van der Waals surface area (Å²) < 4.78 is 0. The van der Waals surface area contributed by atoms with Crippen LogP contribution in [0.5, 0.6) is 0 Å². The lowest BCUT2D eigenvalue weighted by atomic mass is 9.83. The molecule has 7 heteroatoms. The molecule has 3 heterocycles. The van der Waals surface area contributed by atoms with E-state index in [4.69, 9.17) is 0 Å². The van der Waals surface area contributed by atoms with E-state index in [0.29, 0.717) is 18.2 Å². The monoisotopic (exact) mass is 424 g/mol. The van der Waals surface area contributed by atoms with Gasteiger partial charge in [0.15, 0.2) is 10.9 Å². The van der Waals surface area contributed by atoms with Gasteiger partial charge >= 0.3 is 0 Å². The van der Waals surface area contributed by atoms with E-state index in [1.807, 2.05) is 24.6 Å². The number of likely N-dealkylation sites (N-methyl/N-ethyl adjacent to an activating group) is 1. The van der Waals surface area contributed by atoms with Gasteiger partial charge in [0.2, 0.25) is 5.91 Å². The molecule has 0 bridgehead atoms. The van der Waals surface area contributed by atoms with Crippen LogP contribution in [-0.2, 0) is 15.0 Å². The maximum atomic E-state index is 12.9. The number of carbonyl (C=O) groups is 2. The number of rotatable bonds is 5. The molecule has 0 saturated carbocycles. The number of carbonyl (C=O) groups excluding carboxylic acids is 2. The summed E-state index contributed by atoms with van der Waals surface area (Å²) in [6.07, 6.45) is 5.23. The highest BCUT2D eigenvalue weighted by atomic mass is 32.1. The van der Waals surface area contributed by atoms with Crippen molar-refractivity contribution in [3.8, 4) is 0 Å². The number of amides is 1. The van der Waals surface area contributed by atoms with Gasteiger partial charge in [-0.3, -0.25) is 14.5 Å². The molecule has 2 aromatic rings. The van der Waals surface area contributed by atoms with E-state index in [1.54, 1.807) is 12.3 Å². The van der Waals surface area contributed by atoms with E-state index < -0.39 is 0 Å². The van der Waals surface area contributed by atoms with Gasteiger partial charge in [0.1, 0.15) is 0 Å². The Labute approximate surface area is 181 Å². The quantitative estimate of drug-likeness (QED) is 0.742. The van der Waals surface area contributed by atoms with Crippen LogP contribution in [0.4, 0.5) is 10.8 Å². The van der Waals surface area contributed by atoms with Crippen LogP contribution >= 0.6 is 11.3 Å². The van der Waals surface area contributed by atoms with Gasteiger partial charge in [-0.1, -0.05) is 32.0 Å². The largest absolute Gasteiger partial charge is 0.347 e. The molecule has 4 rings (SSSR count). The maximum Gasteiger partial charge on any atom is 0.230 e. The summed E-state index contributed by atoms with van der Waals surface area (Å²) in [5, 5.41) is 5.36. The van der Waals surface area contributed by atoms with Crippen LogP contribution in [0, 0.1) is 5.92 Å². The number of likely N-dealkylation sites (tertiary alicyclic amines) is 1. The average molecular weight is 425 g/mol. The summed E-state index contributed by atoms with van der Waals surface area (Å²) in [7, 11) is 2.02. The number of nitrogens with one attached hydrogen (secondary N) is 1. The van der Waals surface area contributed by atoms with Crippen molar-refractivity contribution in [2.75, 3.05) is 36.9 Å². The minimum absolute atomic E-state index is 0.00689. The van der Waals surface area contributed by atoms with E-state index in [1.165, 1.54) is 16.9 Å². The fraction of sp³-hybridized carbons (Fsp3) is 0.435. The molecule has 1 atom stereocenters. The second kappa shape index (κ2) is 8.32. The minimum atomic E-state index is -0.209. The molecule has 1 saturated heterocycles. The van der Waals surface area contributed by atoms with Crippen molar-refractivity contribution >= 4 is 33.8 Å². The Kier molecular flexibility index (Phi) is 5.75. The minimum Gasteiger partial charge on any atom is -0.347 e. The number of piperidine rings is 1. The molecular formula is C23H28N4O2S. The molecule has 6 nitrogen and oxygen atoms in total. The number of aromatic nitrogens is 1. The summed E-state index contributed by atoms with van der Waals surface area (Å²) in [5.74, 6) is -0.0378. The number of para-hydroxylation sites is 1. The van der Waals surface area contributed by atoms with E-state index in [9.17, 15) is 9.59 Å². The third-order valence-electron chi connectivity index (χ3n) is 6.16. The molecule has 0 radical (unpaired) electrons. The van der Waals surface area contributed by atoms with Gasteiger partial charge in [0.05, 0.1) is 12.5 Å². The van der Waals surface area contributed by atoms with Crippen LogP contribution in [0.3, 0.4) is 0 Å². The van der Waals surface area contributed by atoms with Crippen molar-refractivity contribution < 1.29 is 9.59 Å². The molecule has 158 valence electrons. The molecule has 2 aliphatic heterocycles. The molecule has 0 spiro atoms. The van der Waals surface area contributed by atoms with Gasteiger partial charge in [-0.25, -0.2) is 4.98 Å². The molecule has 1 aromatic heterocycles. The number of hydrogen-bond acceptors (Lipinski definition) is 6. The van der Waals surface area contributed by atoms with Crippen molar-refractivity contribution in [3.05, 3.63) is 53.2 Å². The van der Waals surface area contributed by atoms with Crippen molar-refractivity contribution in [3.63, 3.8) is 0 Å². The summed E-state index contributed by atoms with van der Waals surface area (Å²) in [5.41, 5.74) is 3.20. The highest BCUT2D eigenvalue weighted by Gasteiger charge is 2.38. The molecule has 1 fully saturated rings. The second-order valence-corrected chi connectivity index (χ2v) is 9.49. The number of hydrogen-bond donors (Lipinski definition) is 1. The van der Waals surface area contributed by atoms with Gasteiger partial charge < -0.3 is 10.2 Å². The second-order valence-electron chi connectivity index (χ2n) is 8.60. The molecule has 2 aliphatic rings. The number of allylic oxidation sites excluding steroid dienone is 1. The zero-order valence-electron chi connectivity index (χ0n) is 17.7. The van der Waals surface area contributed by atoms with Gasteiger partial charge in [-0.15, -0.1) is 11.3 Å². The van der Waals surface area contributed by atoms with E-state index in [0.717, 1.165) is 30.8 Å². The zero-order valence-corrected chi connectivity index (χ0v) is 18.5. The predicted octanol–water partition coefficient (Wildman–Crippen LogP) is 3.67. The lowest BCUT2D eigenvalue weighted by molar-refractivity contribution is -0.123. The fourth-order valence-electron chi connectivity index (χ4n) is 4.58. The fourth-order valence-corrected chi connectivity index (χ4v) is 5.12. The van der Waals surface area contributed by atoms with Gasteiger partial charge in [-0.2, -0.15) is 0 Å². The third-order valence-corrected chi connectivity index (χ3v) is 6.84. The van der Waals surface area contributed by atoms with E-state index in [-0.39, 0.29) is 23.0 Å². The highest BCUT2D eigenvalue weighted by molar-refractivity contribution is 7.13. The first-order chi connectivity index (χ1) is 14.4. The number of thiazole rings is 1. The number of anilines is 2. The van der Waals surface area contributed by atoms with Crippen LogP contribution in [0.25, 0.3) is 0 Å². The Morgan fingerprint density at radius 1 is 1.33 bits per heavy atom. The van der Waals surface area contributed by atoms with Gasteiger partial charge in [0, 0.05) is 48.0 Å². The number of nitrogens with zero attached hydrogens (tertiary/aromatic N) is 3. The summed E-state index contributed by atoms with van der Waals surface area (Å²) in [6, 6.07) is 8.30. The molecule has 30 heavy (non-hydrogen) atoms. The Hall–Kier alpha value is -2.51.